The lowest BCUT2D eigenvalue weighted by Crippen LogP contribution is -2.38. The van der Waals surface area contributed by atoms with Crippen LogP contribution in [-0.2, 0) is 11.2 Å². The minimum Gasteiger partial charge on any atom is -0.508 e. The summed E-state index contributed by atoms with van der Waals surface area (Å²) in [6.07, 6.45) is 3.63. The van der Waals surface area contributed by atoms with E-state index in [2.05, 4.69) is 27.6 Å². The van der Waals surface area contributed by atoms with Gasteiger partial charge in [-0.3, -0.25) is 4.79 Å². The molecule has 0 unspecified atom stereocenters. The molecule has 0 radical (unpaired) electrons. The molecule has 0 saturated heterocycles. The minimum atomic E-state index is -0.155. The molecule has 1 amide bonds. The average molecular weight is 309 g/mol. The van der Waals surface area contributed by atoms with Gasteiger partial charge in [0.1, 0.15) is 5.75 Å². The van der Waals surface area contributed by atoms with E-state index in [1.165, 1.54) is 11.8 Å². The lowest BCUT2D eigenvalue weighted by Gasteiger charge is -2.30. The Labute approximate surface area is 135 Å². The maximum atomic E-state index is 12.1. The number of phenolic OH excluding ortho intramolecular Hbond substituents is 1. The molecule has 1 aliphatic rings. The van der Waals surface area contributed by atoms with E-state index >= 15 is 0 Å². The Balaban J connectivity index is 1.58. The van der Waals surface area contributed by atoms with Crippen LogP contribution in [0.5, 0.6) is 5.75 Å². The summed E-state index contributed by atoms with van der Waals surface area (Å²) in [5.74, 6) is 0.0170. The van der Waals surface area contributed by atoms with Crippen molar-refractivity contribution < 1.29 is 9.90 Å². The van der Waals surface area contributed by atoms with E-state index in [1.807, 2.05) is 12.1 Å². The van der Waals surface area contributed by atoms with Gasteiger partial charge < -0.3 is 10.0 Å². The number of aryl methyl sites for hydroxylation is 1. The molecule has 2 N–H and O–H groups in total. The Morgan fingerprint density at radius 2 is 2.13 bits per heavy atom. The molecule has 2 aromatic rings. The molecule has 0 aliphatic carbocycles. The molecule has 118 valence electrons. The van der Waals surface area contributed by atoms with Crippen LogP contribution in [0.2, 0.25) is 0 Å². The number of rotatable bonds is 4. The van der Waals surface area contributed by atoms with Crippen molar-refractivity contribution in [2.45, 2.75) is 12.8 Å². The summed E-state index contributed by atoms with van der Waals surface area (Å²) in [5.41, 5.74) is 5.68. The molecule has 0 bridgehead atoms. The number of para-hydroxylation sites is 1. The van der Waals surface area contributed by atoms with E-state index in [0.29, 0.717) is 0 Å². The average Bonchev–Trinajstić information content (AvgIpc) is 2.55. The van der Waals surface area contributed by atoms with Crippen molar-refractivity contribution in [1.82, 2.24) is 5.43 Å². The van der Waals surface area contributed by atoms with Crippen LogP contribution < -0.4 is 10.3 Å². The second-order valence-electron chi connectivity index (χ2n) is 5.54. The zero-order valence-electron chi connectivity index (χ0n) is 12.8. The van der Waals surface area contributed by atoms with Gasteiger partial charge in [-0.2, -0.15) is 5.10 Å². The summed E-state index contributed by atoms with van der Waals surface area (Å²) in [4.78, 5) is 14.1. The third-order valence-corrected chi connectivity index (χ3v) is 3.81. The zero-order chi connectivity index (χ0) is 16.1. The highest BCUT2D eigenvalue weighted by Crippen LogP contribution is 2.26. The van der Waals surface area contributed by atoms with Gasteiger partial charge in [0, 0.05) is 12.2 Å². The van der Waals surface area contributed by atoms with Crippen molar-refractivity contribution in [1.29, 1.82) is 0 Å². The molecule has 0 atom stereocenters. The van der Waals surface area contributed by atoms with Gasteiger partial charge in [0.25, 0.3) is 5.91 Å². The molecular weight excluding hydrogens is 290 g/mol. The lowest BCUT2D eigenvalue weighted by atomic mass is 10.0. The molecule has 0 fully saturated rings. The number of hydrogen-bond acceptors (Lipinski definition) is 4. The molecule has 0 saturated carbocycles. The van der Waals surface area contributed by atoms with Crippen LogP contribution in [0.4, 0.5) is 5.69 Å². The van der Waals surface area contributed by atoms with Crippen LogP contribution in [0.15, 0.2) is 53.6 Å². The fourth-order valence-electron chi connectivity index (χ4n) is 2.77. The molecule has 0 aromatic heterocycles. The summed E-state index contributed by atoms with van der Waals surface area (Å²) in [5, 5.41) is 13.3. The summed E-state index contributed by atoms with van der Waals surface area (Å²) >= 11 is 0. The van der Waals surface area contributed by atoms with Crippen LogP contribution in [0.3, 0.4) is 0 Å². The molecule has 1 aliphatic heterocycles. The second-order valence-corrected chi connectivity index (χ2v) is 5.54. The van der Waals surface area contributed by atoms with Gasteiger partial charge in [0.2, 0.25) is 0 Å². The van der Waals surface area contributed by atoms with Crippen LogP contribution >= 0.6 is 0 Å². The summed E-state index contributed by atoms with van der Waals surface area (Å²) in [6.45, 7) is 1.16. The Morgan fingerprint density at radius 1 is 1.26 bits per heavy atom. The number of amides is 1. The number of anilines is 1. The SMILES string of the molecule is O=C(CN1CCCc2ccccc21)N/N=C\c1cccc(O)c1. The van der Waals surface area contributed by atoms with Crippen LogP contribution in [0.25, 0.3) is 0 Å². The highest BCUT2D eigenvalue weighted by atomic mass is 16.3. The Hall–Kier alpha value is -2.82. The van der Waals surface area contributed by atoms with E-state index < -0.39 is 0 Å². The fourth-order valence-corrected chi connectivity index (χ4v) is 2.77. The van der Waals surface area contributed by atoms with Crippen molar-refractivity contribution in [3.05, 3.63) is 59.7 Å². The molecule has 5 heteroatoms. The van der Waals surface area contributed by atoms with Crippen LogP contribution in [0.1, 0.15) is 17.5 Å². The first kappa shape index (κ1) is 15.1. The molecule has 1 heterocycles. The quantitative estimate of drug-likeness (QED) is 0.673. The summed E-state index contributed by atoms with van der Waals surface area (Å²) in [6, 6.07) is 14.9. The Kier molecular flexibility index (Phi) is 4.57. The Morgan fingerprint density at radius 3 is 3.00 bits per heavy atom. The van der Waals surface area contributed by atoms with E-state index in [-0.39, 0.29) is 18.2 Å². The van der Waals surface area contributed by atoms with Gasteiger partial charge in [-0.15, -0.1) is 0 Å². The van der Waals surface area contributed by atoms with Crippen molar-refractivity contribution >= 4 is 17.8 Å². The van der Waals surface area contributed by atoms with E-state index in [0.717, 1.165) is 30.6 Å². The number of nitrogens with zero attached hydrogens (tertiary/aromatic N) is 2. The third-order valence-electron chi connectivity index (χ3n) is 3.81. The first-order chi connectivity index (χ1) is 11.2. The van der Waals surface area contributed by atoms with Gasteiger partial charge >= 0.3 is 0 Å². The van der Waals surface area contributed by atoms with Gasteiger partial charge in [-0.1, -0.05) is 30.3 Å². The molecule has 2 aromatic carbocycles. The smallest absolute Gasteiger partial charge is 0.259 e. The standard InChI is InChI=1S/C18H19N3O2/c22-16-8-3-5-14(11-16)12-19-20-18(23)13-21-10-4-7-15-6-1-2-9-17(15)21/h1-3,5-6,8-9,11-12,22H,4,7,10,13H2,(H,20,23)/b19-12-. The normalized spacial score (nSPS) is 13.8. The van der Waals surface area contributed by atoms with Crippen LogP contribution in [0, 0.1) is 0 Å². The summed E-state index contributed by atoms with van der Waals surface area (Å²) < 4.78 is 0. The number of fused-ring (bicyclic) bond motifs is 1. The molecular formula is C18H19N3O2. The van der Waals surface area contributed by atoms with E-state index in [4.69, 9.17) is 0 Å². The molecule has 23 heavy (non-hydrogen) atoms. The number of benzene rings is 2. The first-order valence-corrected chi connectivity index (χ1v) is 7.66. The molecule has 3 rings (SSSR count). The largest absolute Gasteiger partial charge is 0.508 e. The van der Waals surface area contributed by atoms with Gasteiger partial charge in [0.05, 0.1) is 12.8 Å². The summed E-state index contributed by atoms with van der Waals surface area (Å²) in [7, 11) is 0. The number of carbonyl (C=O) groups is 1. The van der Waals surface area contributed by atoms with Gasteiger partial charge in [-0.05, 0) is 42.2 Å². The molecule has 5 nitrogen and oxygen atoms in total. The predicted octanol–water partition coefficient (Wildman–Crippen LogP) is 2.30. The zero-order valence-corrected chi connectivity index (χ0v) is 12.8. The van der Waals surface area contributed by atoms with Crippen molar-refractivity contribution in [2.24, 2.45) is 5.10 Å². The fraction of sp³-hybridized carbons (Fsp3) is 0.222. The number of phenols is 1. The monoisotopic (exact) mass is 309 g/mol. The third kappa shape index (κ3) is 3.88. The van der Waals surface area contributed by atoms with Crippen molar-refractivity contribution in [3.8, 4) is 5.75 Å². The van der Waals surface area contributed by atoms with E-state index in [1.54, 1.807) is 24.3 Å². The maximum Gasteiger partial charge on any atom is 0.259 e. The van der Waals surface area contributed by atoms with Crippen LogP contribution in [-0.4, -0.2) is 30.3 Å². The number of nitrogens with one attached hydrogen (secondary N) is 1. The topological polar surface area (TPSA) is 64.9 Å². The number of hydrogen-bond donors (Lipinski definition) is 2. The number of carbonyl (C=O) groups excluding carboxylic acids is 1. The number of hydrazone groups is 1. The highest BCUT2D eigenvalue weighted by Gasteiger charge is 2.18. The highest BCUT2D eigenvalue weighted by molar-refractivity contribution is 5.85. The first-order valence-electron chi connectivity index (χ1n) is 7.66. The van der Waals surface area contributed by atoms with E-state index in [9.17, 15) is 9.90 Å². The second kappa shape index (κ2) is 6.96. The van der Waals surface area contributed by atoms with Crippen molar-refractivity contribution in [3.63, 3.8) is 0 Å². The lowest BCUT2D eigenvalue weighted by molar-refractivity contribution is -0.119. The van der Waals surface area contributed by atoms with Gasteiger partial charge in [0.15, 0.2) is 0 Å². The predicted molar refractivity (Wildman–Crippen MR) is 90.8 cm³/mol. The Bertz CT molecular complexity index is 728. The minimum absolute atomic E-state index is 0.155. The maximum absolute atomic E-state index is 12.1. The molecule has 0 spiro atoms. The number of aromatic hydroxyl groups is 1. The van der Waals surface area contributed by atoms with Crippen molar-refractivity contribution in [2.75, 3.05) is 18.0 Å². The van der Waals surface area contributed by atoms with Gasteiger partial charge in [-0.25, -0.2) is 5.43 Å².